The Morgan fingerprint density at radius 2 is 1.62 bits per heavy atom. The fraction of sp³-hybridized carbons (Fsp3) is 0.500. The summed E-state index contributed by atoms with van der Waals surface area (Å²) < 4.78 is 1.78. The average molecular weight is 436 g/mol. The van der Waals surface area contributed by atoms with Gasteiger partial charge in [-0.05, 0) is 19.1 Å². The van der Waals surface area contributed by atoms with Crippen LogP contribution < -0.4 is 9.80 Å². The van der Waals surface area contributed by atoms with E-state index >= 15 is 0 Å². The Bertz CT molecular complexity index is 1050. The zero-order valence-electron chi connectivity index (χ0n) is 18.5. The van der Waals surface area contributed by atoms with Crippen LogP contribution in [0.25, 0.3) is 11.2 Å². The lowest BCUT2D eigenvalue weighted by molar-refractivity contribution is -0.132. The largest absolute Gasteiger partial charge is 0.368 e. The van der Waals surface area contributed by atoms with E-state index in [0.717, 1.165) is 75.9 Å². The van der Waals surface area contributed by atoms with Gasteiger partial charge in [-0.3, -0.25) is 9.69 Å². The van der Waals surface area contributed by atoms with Crippen molar-refractivity contribution >= 4 is 28.6 Å². The number of hydrogen-bond donors (Lipinski definition) is 0. The lowest BCUT2D eigenvalue weighted by Crippen LogP contribution is -2.54. The highest BCUT2D eigenvalue weighted by molar-refractivity contribution is 5.82. The van der Waals surface area contributed by atoms with Crippen molar-refractivity contribution in [3.63, 3.8) is 0 Å². The fourth-order valence-corrected chi connectivity index (χ4v) is 4.49. The number of carbonyl (C=O) groups excluding carboxylic acids is 1. The molecule has 5 rings (SSSR count). The molecule has 2 aromatic heterocycles. The van der Waals surface area contributed by atoms with Crippen LogP contribution in [0.4, 0.5) is 11.5 Å². The van der Waals surface area contributed by atoms with Crippen LogP contribution in [0.5, 0.6) is 0 Å². The van der Waals surface area contributed by atoms with Crippen LogP contribution in [0.1, 0.15) is 6.92 Å². The minimum Gasteiger partial charge on any atom is -0.368 e. The summed E-state index contributed by atoms with van der Waals surface area (Å²) in [5.41, 5.74) is 2.74. The van der Waals surface area contributed by atoms with E-state index in [1.165, 1.54) is 5.69 Å². The quantitative estimate of drug-likeness (QED) is 0.579. The number of aryl methyl sites for hydroxylation is 1. The van der Waals surface area contributed by atoms with Gasteiger partial charge in [0.2, 0.25) is 5.91 Å². The first-order valence-electron chi connectivity index (χ1n) is 11.3. The normalized spacial score (nSPS) is 17.8. The summed E-state index contributed by atoms with van der Waals surface area (Å²) >= 11 is 0. The average Bonchev–Trinajstić information content (AvgIpc) is 3.29. The monoisotopic (exact) mass is 435 g/mol. The lowest BCUT2D eigenvalue weighted by atomic mass is 10.2. The van der Waals surface area contributed by atoms with E-state index in [0.29, 0.717) is 6.54 Å². The van der Waals surface area contributed by atoms with Crippen molar-refractivity contribution in [1.82, 2.24) is 34.8 Å². The molecule has 1 amide bonds. The standard InChI is InChI=1S/C22H29N9O/c1-2-31-22-20(25-26-31)21(23-17-24-22)30-10-8-27(9-11-30)16-19(32)29-14-12-28(13-15-29)18-6-4-3-5-7-18/h3-7,17H,2,8-16H2,1H3. The molecule has 1 aromatic carbocycles. The maximum absolute atomic E-state index is 12.9. The summed E-state index contributed by atoms with van der Waals surface area (Å²) in [4.78, 5) is 30.5. The highest BCUT2D eigenvalue weighted by Crippen LogP contribution is 2.22. The number of benzene rings is 1. The Labute approximate surface area is 187 Å². The minimum atomic E-state index is 0.224. The maximum Gasteiger partial charge on any atom is 0.236 e. The third-order valence-corrected chi connectivity index (χ3v) is 6.36. The van der Waals surface area contributed by atoms with Crippen molar-refractivity contribution in [2.45, 2.75) is 13.5 Å². The number of carbonyl (C=O) groups is 1. The van der Waals surface area contributed by atoms with E-state index < -0.39 is 0 Å². The highest BCUT2D eigenvalue weighted by atomic mass is 16.2. The molecule has 0 spiro atoms. The summed E-state index contributed by atoms with van der Waals surface area (Å²) in [7, 11) is 0. The number of fused-ring (bicyclic) bond motifs is 1. The molecule has 0 atom stereocenters. The van der Waals surface area contributed by atoms with Crippen LogP contribution in [-0.4, -0.2) is 99.6 Å². The van der Waals surface area contributed by atoms with E-state index in [9.17, 15) is 4.79 Å². The van der Waals surface area contributed by atoms with E-state index in [1.807, 2.05) is 17.9 Å². The van der Waals surface area contributed by atoms with Gasteiger partial charge >= 0.3 is 0 Å². The van der Waals surface area contributed by atoms with Crippen LogP contribution >= 0.6 is 0 Å². The van der Waals surface area contributed by atoms with Crippen molar-refractivity contribution < 1.29 is 4.79 Å². The van der Waals surface area contributed by atoms with Gasteiger partial charge in [-0.25, -0.2) is 14.6 Å². The summed E-state index contributed by atoms with van der Waals surface area (Å²) in [6.07, 6.45) is 1.58. The van der Waals surface area contributed by atoms with Crippen LogP contribution in [0.3, 0.4) is 0 Å². The molecule has 0 unspecified atom stereocenters. The molecule has 0 radical (unpaired) electrons. The molecule has 4 heterocycles. The Morgan fingerprint density at radius 3 is 2.34 bits per heavy atom. The van der Waals surface area contributed by atoms with Gasteiger partial charge in [0.25, 0.3) is 0 Å². The van der Waals surface area contributed by atoms with Gasteiger partial charge in [0.15, 0.2) is 17.0 Å². The topological polar surface area (TPSA) is 86.5 Å². The predicted octanol–water partition coefficient (Wildman–Crippen LogP) is 0.712. The van der Waals surface area contributed by atoms with Crippen LogP contribution in [0.15, 0.2) is 36.7 Å². The molecule has 2 fully saturated rings. The molecule has 2 aliphatic rings. The number of hydrogen-bond acceptors (Lipinski definition) is 8. The molecule has 0 N–H and O–H groups in total. The Balaban J connectivity index is 1.13. The maximum atomic E-state index is 12.9. The number of rotatable bonds is 5. The summed E-state index contributed by atoms with van der Waals surface area (Å²) in [5, 5.41) is 8.46. The summed E-state index contributed by atoms with van der Waals surface area (Å²) in [5.74, 6) is 1.05. The molecule has 168 valence electrons. The zero-order valence-corrected chi connectivity index (χ0v) is 18.5. The highest BCUT2D eigenvalue weighted by Gasteiger charge is 2.26. The second kappa shape index (κ2) is 9.07. The van der Waals surface area contributed by atoms with Gasteiger partial charge in [0, 0.05) is 64.6 Å². The SMILES string of the molecule is CCn1nnc2c(N3CCN(CC(=O)N4CCN(c5ccccc5)CC4)CC3)ncnc21. The Hall–Kier alpha value is -3.27. The predicted molar refractivity (Wildman–Crippen MR) is 123 cm³/mol. The van der Waals surface area contributed by atoms with Gasteiger partial charge in [-0.1, -0.05) is 23.4 Å². The van der Waals surface area contributed by atoms with E-state index in [-0.39, 0.29) is 5.91 Å². The summed E-state index contributed by atoms with van der Waals surface area (Å²) in [6.45, 7) is 9.80. The second-order valence-electron chi connectivity index (χ2n) is 8.24. The van der Waals surface area contributed by atoms with Gasteiger partial charge in [-0.15, -0.1) is 5.10 Å². The smallest absolute Gasteiger partial charge is 0.236 e. The number of para-hydroxylation sites is 1. The van der Waals surface area contributed by atoms with Crippen LogP contribution in [0.2, 0.25) is 0 Å². The number of piperazine rings is 2. The van der Waals surface area contributed by atoms with Crippen molar-refractivity contribution in [1.29, 1.82) is 0 Å². The molecule has 2 saturated heterocycles. The summed E-state index contributed by atoms with van der Waals surface area (Å²) in [6, 6.07) is 10.4. The molecule has 10 nitrogen and oxygen atoms in total. The molecular formula is C22H29N9O. The molecule has 32 heavy (non-hydrogen) atoms. The number of aromatic nitrogens is 5. The van der Waals surface area contributed by atoms with Crippen molar-refractivity contribution in [3.8, 4) is 0 Å². The molecule has 0 saturated carbocycles. The molecular weight excluding hydrogens is 406 g/mol. The molecule has 0 bridgehead atoms. The van der Waals surface area contributed by atoms with Gasteiger partial charge in [0.1, 0.15) is 6.33 Å². The van der Waals surface area contributed by atoms with E-state index in [1.54, 1.807) is 11.0 Å². The molecule has 0 aliphatic carbocycles. The second-order valence-corrected chi connectivity index (χ2v) is 8.24. The van der Waals surface area contributed by atoms with Crippen LogP contribution in [0, 0.1) is 0 Å². The third kappa shape index (κ3) is 4.10. The first-order chi connectivity index (χ1) is 15.7. The molecule has 10 heteroatoms. The fourth-order valence-electron chi connectivity index (χ4n) is 4.49. The van der Waals surface area contributed by atoms with Crippen molar-refractivity contribution in [2.75, 3.05) is 68.7 Å². The van der Waals surface area contributed by atoms with Gasteiger partial charge in [-0.2, -0.15) is 0 Å². The Morgan fingerprint density at radius 1 is 0.906 bits per heavy atom. The zero-order chi connectivity index (χ0) is 21.9. The number of nitrogens with zero attached hydrogens (tertiary/aromatic N) is 9. The Kier molecular flexibility index (Phi) is 5.85. The lowest BCUT2D eigenvalue weighted by Gasteiger charge is -2.38. The third-order valence-electron chi connectivity index (χ3n) is 6.36. The number of anilines is 2. The molecule has 3 aromatic rings. The first-order valence-corrected chi connectivity index (χ1v) is 11.3. The first kappa shape index (κ1) is 20.6. The van der Waals surface area contributed by atoms with Crippen LogP contribution in [-0.2, 0) is 11.3 Å². The van der Waals surface area contributed by atoms with Gasteiger partial charge < -0.3 is 14.7 Å². The minimum absolute atomic E-state index is 0.224. The van der Waals surface area contributed by atoms with Crippen molar-refractivity contribution in [2.24, 2.45) is 0 Å². The van der Waals surface area contributed by atoms with E-state index in [2.05, 4.69) is 59.2 Å². The van der Waals surface area contributed by atoms with Crippen molar-refractivity contribution in [3.05, 3.63) is 36.7 Å². The number of amides is 1. The molecule has 2 aliphatic heterocycles. The van der Waals surface area contributed by atoms with Gasteiger partial charge in [0.05, 0.1) is 6.54 Å². The van der Waals surface area contributed by atoms with E-state index in [4.69, 9.17) is 0 Å².